The Kier molecular flexibility index (Phi) is 3.13. The molecular formula is C16H16BrN3. The number of nitrogens with zero attached hydrogens (tertiary/aromatic N) is 3. The predicted octanol–water partition coefficient (Wildman–Crippen LogP) is 4.46. The molecule has 3 heterocycles. The van der Waals surface area contributed by atoms with E-state index in [9.17, 15) is 0 Å². The zero-order chi connectivity index (χ0) is 14.3. The summed E-state index contributed by atoms with van der Waals surface area (Å²) in [7, 11) is 0. The van der Waals surface area contributed by atoms with Gasteiger partial charge >= 0.3 is 0 Å². The highest BCUT2D eigenvalue weighted by atomic mass is 79.9. The van der Waals surface area contributed by atoms with E-state index in [4.69, 9.17) is 0 Å². The van der Waals surface area contributed by atoms with Gasteiger partial charge in [-0.05, 0) is 45.1 Å². The first kappa shape index (κ1) is 13.3. The number of pyridine rings is 2. The Morgan fingerprint density at radius 2 is 1.90 bits per heavy atom. The Morgan fingerprint density at radius 3 is 2.60 bits per heavy atom. The third-order valence-corrected chi connectivity index (χ3v) is 3.79. The molecule has 3 nitrogen and oxygen atoms in total. The van der Waals surface area contributed by atoms with Gasteiger partial charge in [-0.15, -0.1) is 0 Å². The minimum absolute atomic E-state index is 0.112. The van der Waals surface area contributed by atoms with Gasteiger partial charge in [-0.1, -0.05) is 32.9 Å². The Bertz CT molecular complexity index is 769. The Balaban J connectivity index is 2.22. The van der Waals surface area contributed by atoms with Crippen molar-refractivity contribution in [2.45, 2.75) is 26.2 Å². The first-order valence-electron chi connectivity index (χ1n) is 6.56. The summed E-state index contributed by atoms with van der Waals surface area (Å²) in [4.78, 5) is 8.97. The molecule has 0 aromatic carbocycles. The summed E-state index contributed by atoms with van der Waals surface area (Å²) in [5.41, 5.74) is 4.25. The fourth-order valence-electron chi connectivity index (χ4n) is 2.16. The number of hydrogen-bond acceptors (Lipinski definition) is 2. The van der Waals surface area contributed by atoms with Crippen LogP contribution in [-0.4, -0.2) is 14.4 Å². The number of fused-ring (bicyclic) bond motifs is 1. The SMILES string of the molecule is CC(C)(C)c1ccc2ncc(-c3cccc(Br)n3)n2c1. The van der Waals surface area contributed by atoms with Crippen molar-refractivity contribution in [2.24, 2.45) is 0 Å². The fourth-order valence-corrected chi connectivity index (χ4v) is 2.51. The van der Waals surface area contributed by atoms with Gasteiger partial charge < -0.3 is 0 Å². The molecule has 0 aliphatic heterocycles. The summed E-state index contributed by atoms with van der Waals surface area (Å²) in [6.07, 6.45) is 4.02. The minimum Gasteiger partial charge on any atom is -0.298 e. The van der Waals surface area contributed by atoms with Crippen LogP contribution in [-0.2, 0) is 5.41 Å². The summed E-state index contributed by atoms with van der Waals surface area (Å²) < 4.78 is 2.94. The molecule has 0 unspecified atom stereocenters. The van der Waals surface area contributed by atoms with Crippen LogP contribution in [0.25, 0.3) is 17.0 Å². The van der Waals surface area contributed by atoms with Crippen LogP contribution in [0, 0.1) is 0 Å². The Labute approximate surface area is 126 Å². The molecule has 0 amide bonds. The lowest BCUT2D eigenvalue weighted by Gasteiger charge is -2.19. The molecule has 0 spiro atoms. The smallest absolute Gasteiger partial charge is 0.137 e. The lowest BCUT2D eigenvalue weighted by Crippen LogP contribution is -2.12. The van der Waals surface area contributed by atoms with E-state index in [2.05, 4.69) is 69.4 Å². The van der Waals surface area contributed by atoms with Crippen LogP contribution in [0.4, 0.5) is 0 Å². The third kappa shape index (κ3) is 2.36. The van der Waals surface area contributed by atoms with E-state index in [0.29, 0.717) is 0 Å². The summed E-state index contributed by atoms with van der Waals surface area (Å²) in [5, 5.41) is 0. The number of aromatic nitrogens is 3. The van der Waals surface area contributed by atoms with E-state index in [-0.39, 0.29) is 5.41 Å². The van der Waals surface area contributed by atoms with Gasteiger partial charge in [0.25, 0.3) is 0 Å². The average Bonchev–Trinajstić information content (AvgIpc) is 2.80. The number of imidazole rings is 1. The van der Waals surface area contributed by atoms with Crippen LogP contribution in [0.2, 0.25) is 0 Å². The molecule has 3 rings (SSSR count). The van der Waals surface area contributed by atoms with E-state index < -0.39 is 0 Å². The second kappa shape index (κ2) is 4.70. The Hall–Kier alpha value is -1.68. The highest BCUT2D eigenvalue weighted by Gasteiger charge is 2.16. The molecule has 3 aromatic rings. The molecule has 4 heteroatoms. The summed E-state index contributed by atoms with van der Waals surface area (Å²) in [6.45, 7) is 6.63. The zero-order valence-corrected chi connectivity index (χ0v) is 13.3. The third-order valence-electron chi connectivity index (χ3n) is 3.35. The molecule has 0 radical (unpaired) electrons. The van der Waals surface area contributed by atoms with Crippen molar-refractivity contribution in [1.82, 2.24) is 14.4 Å². The maximum Gasteiger partial charge on any atom is 0.137 e. The maximum absolute atomic E-state index is 4.51. The van der Waals surface area contributed by atoms with Gasteiger partial charge in [0.1, 0.15) is 10.3 Å². The molecule has 0 atom stereocenters. The maximum atomic E-state index is 4.51. The normalized spacial score (nSPS) is 12.0. The monoisotopic (exact) mass is 329 g/mol. The first-order valence-corrected chi connectivity index (χ1v) is 7.35. The molecule has 0 N–H and O–H groups in total. The standard InChI is InChI=1S/C16H16BrN3/c1-16(2,3)11-7-8-15-18-9-13(20(15)10-11)12-5-4-6-14(17)19-12/h4-10H,1-3H3. The highest BCUT2D eigenvalue weighted by molar-refractivity contribution is 9.10. The summed E-state index contributed by atoms with van der Waals surface area (Å²) >= 11 is 3.42. The van der Waals surface area contributed by atoms with Gasteiger partial charge in [0, 0.05) is 6.20 Å². The van der Waals surface area contributed by atoms with Crippen molar-refractivity contribution < 1.29 is 0 Å². The molecule has 0 fully saturated rings. The second-order valence-corrected chi connectivity index (χ2v) is 6.70. The largest absolute Gasteiger partial charge is 0.298 e. The van der Waals surface area contributed by atoms with Crippen molar-refractivity contribution >= 4 is 21.6 Å². The van der Waals surface area contributed by atoms with Crippen LogP contribution in [0.15, 0.2) is 47.3 Å². The van der Waals surface area contributed by atoms with E-state index in [1.54, 1.807) is 0 Å². The molecule has 3 aromatic heterocycles. The second-order valence-electron chi connectivity index (χ2n) is 5.88. The van der Waals surface area contributed by atoms with E-state index >= 15 is 0 Å². The lowest BCUT2D eigenvalue weighted by atomic mass is 9.88. The van der Waals surface area contributed by atoms with Crippen LogP contribution in [0.5, 0.6) is 0 Å². The average molecular weight is 330 g/mol. The minimum atomic E-state index is 0.112. The van der Waals surface area contributed by atoms with Gasteiger partial charge in [0.05, 0.1) is 17.6 Å². The molecule has 0 saturated heterocycles. The zero-order valence-electron chi connectivity index (χ0n) is 11.8. The molecule has 102 valence electrons. The number of halogens is 1. The van der Waals surface area contributed by atoms with Crippen molar-refractivity contribution in [3.63, 3.8) is 0 Å². The van der Waals surface area contributed by atoms with E-state index in [0.717, 1.165) is 21.6 Å². The van der Waals surface area contributed by atoms with Crippen LogP contribution >= 0.6 is 15.9 Å². The molecule has 0 saturated carbocycles. The number of rotatable bonds is 1. The fraction of sp³-hybridized carbons (Fsp3) is 0.250. The van der Waals surface area contributed by atoms with Gasteiger partial charge in [0.2, 0.25) is 0 Å². The van der Waals surface area contributed by atoms with Crippen molar-refractivity contribution in [3.8, 4) is 11.4 Å². The molecule has 0 aliphatic carbocycles. The molecule has 0 bridgehead atoms. The van der Waals surface area contributed by atoms with Crippen LogP contribution < -0.4 is 0 Å². The topological polar surface area (TPSA) is 30.2 Å². The first-order chi connectivity index (χ1) is 9.45. The van der Waals surface area contributed by atoms with Crippen LogP contribution in [0.1, 0.15) is 26.3 Å². The lowest BCUT2D eigenvalue weighted by molar-refractivity contribution is 0.586. The van der Waals surface area contributed by atoms with E-state index in [1.165, 1.54) is 5.56 Å². The predicted molar refractivity (Wildman–Crippen MR) is 84.8 cm³/mol. The van der Waals surface area contributed by atoms with Gasteiger partial charge in [-0.3, -0.25) is 4.40 Å². The molecule has 20 heavy (non-hydrogen) atoms. The highest BCUT2D eigenvalue weighted by Crippen LogP contribution is 2.26. The Morgan fingerprint density at radius 1 is 1.10 bits per heavy atom. The van der Waals surface area contributed by atoms with Gasteiger partial charge in [-0.2, -0.15) is 0 Å². The van der Waals surface area contributed by atoms with Gasteiger partial charge in [-0.25, -0.2) is 9.97 Å². The molecular weight excluding hydrogens is 314 g/mol. The van der Waals surface area contributed by atoms with E-state index in [1.807, 2.05) is 24.4 Å². The summed E-state index contributed by atoms with van der Waals surface area (Å²) in [6, 6.07) is 10.1. The van der Waals surface area contributed by atoms with Gasteiger partial charge in [0.15, 0.2) is 0 Å². The molecule has 0 aliphatic rings. The van der Waals surface area contributed by atoms with Crippen molar-refractivity contribution in [2.75, 3.05) is 0 Å². The quantitative estimate of drug-likeness (QED) is 0.617. The summed E-state index contributed by atoms with van der Waals surface area (Å²) in [5.74, 6) is 0. The van der Waals surface area contributed by atoms with Crippen LogP contribution in [0.3, 0.4) is 0 Å². The van der Waals surface area contributed by atoms with Crippen molar-refractivity contribution in [3.05, 3.63) is 52.9 Å². The number of hydrogen-bond donors (Lipinski definition) is 0. The van der Waals surface area contributed by atoms with Crippen molar-refractivity contribution in [1.29, 1.82) is 0 Å².